The van der Waals surface area contributed by atoms with Crippen LogP contribution in [0.5, 0.6) is 0 Å². The molecule has 94 valence electrons. The number of carbonyl (C=O) groups is 2. The van der Waals surface area contributed by atoms with E-state index in [-0.39, 0.29) is 12.5 Å². The second-order valence-corrected chi connectivity index (χ2v) is 4.54. The molecule has 2 aromatic rings. The number of carboxylic acids is 1. The Morgan fingerprint density at radius 1 is 1.50 bits per heavy atom. The van der Waals surface area contributed by atoms with Crippen LogP contribution in [-0.4, -0.2) is 26.8 Å². The zero-order chi connectivity index (χ0) is 13.0. The number of amides is 1. The van der Waals surface area contributed by atoms with Crippen LogP contribution in [0, 0.1) is 0 Å². The minimum atomic E-state index is -1.08. The maximum Gasteiger partial charge on any atom is 0.331 e. The lowest BCUT2D eigenvalue weighted by Crippen LogP contribution is -2.35. The molecule has 0 saturated heterocycles. The first-order chi connectivity index (χ1) is 8.66. The molecule has 6 nitrogen and oxygen atoms in total. The highest BCUT2D eigenvalue weighted by atomic mass is 32.1. The number of nitrogens with one attached hydrogen (secondary N) is 1. The van der Waals surface area contributed by atoms with Gasteiger partial charge in [0.1, 0.15) is 6.54 Å². The van der Waals surface area contributed by atoms with Crippen molar-refractivity contribution in [1.82, 2.24) is 15.1 Å². The fourth-order valence-corrected chi connectivity index (χ4v) is 2.23. The zero-order valence-corrected chi connectivity index (χ0v) is 10.1. The van der Waals surface area contributed by atoms with Gasteiger partial charge in [-0.25, -0.2) is 4.79 Å². The monoisotopic (exact) mass is 265 g/mol. The number of carbonyl (C=O) groups excluding carboxylic acids is 1. The third kappa shape index (κ3) is 2.95. The first kappa shape index (κ1) is 12.3. The van der Waals surface area contributed by atoms with Gasteiger partial charge in [0.15, 0.2) is 6.04 Å². The highest BCUT2D eigenvalue weighted by Gasteiger charge is 2.22. The van der Waals surface area contributed by atoms with Crippen molar-refractivity contribution in [1.29, 1.82) is 0 Å². The smallest absolute Gasteiger partial charge is 0.331 e. The molecule has 1 amide bonds. The molecule has 0 aliphatic carbocycles. The summed E-state index contributed by atoms with van der Waals surface area (Å²) in [4.78, 5) is 23.4. The molecule has 0 aliphatic heterocycles. The topological polar surface area (TPSA) is 84.2 Å². The molecule has 0 aromatic carbocycles. The van der Waals surface area contributed by atoms with Crippen molar-refractivity contribution in [3.63, 3.8) is 0 Å². The van der Waals surface area contributed by atoms with E-state index >= 15 is 0 Å². The number of hydrogen-bond donors (Lipinski definition) is 2. The first-order valence-corrected chi connectivity index (χ1v) is 6.08. The van der Waals surface area contributed by atoms with E-state index in [4.69, 9.17) is 5.11 Å². The summed E-state index contributed by atoms with van der Waals surface area (Å²) < 4.78 is 1.43. The van der Waals surface area contributed by atoms with Gasteiger partial charge in [-0.1, -0.05) is 6.07 Å². The fourth-order valence-electron chi connectivity index (χ4n) is 1.46. The SMILES string of the molecule is O=C(Cn1cccn1)NC(C(=O)O)c1cccs1. The molecule has 1 unspecified atom stereocenters. The molecule has 0 bridgehead atoms. The third-order valence-corrected chi connectivity index (χ3v) is 3.18. The Balaban J connectivity index is 2.01. The lowest BCUT2D eigenvalue weighted by molar-refractivity contribution is -0.142. The summed E-state index contributed by atoms with van der Waals surface area (Å²) in [7, 11) is 0. The molecule has 1 atom stereocenters. The van der Waals surface area contributed by atoms with Gasteiger partial charge in [0.05, 0.1) is 0 Å². The molecule has 0 saturated carbocycles. The Bertz CT molecular complexity index is 522. The molecular weight excluding hydrogens is 254 g/mol. The zero-order valence-electron chi connectivity index (χ0n) is 9.31. The van der Waals surface area contributed by atoms with Crippen LogP contribution in [0.15, 0.2) is 36.0 Å². The summed E-state index contributed by atoms with van der Waals surface area (Å²) in [5.41, 5.74) is 0. The average Bonchev–Trinajstić information content (AvgIpc) is 2.97. The van der Waals surface area contributed by atoms with Crippen molar-refractivity contribution in [2.24, 2.45) is 0 Å². The number of aliphatic carboxylic acids is 1. The summed E-state index contributed by atoms with van der Waals surface area (Å²) in [5, 5.41) is 17.2. The van der Waals surface area contributed by atoms with Gasteiger partial charge in [-0.3, -0.25) is 9.48 Å². The Morgan fingerprint density at radius 3 is 2.89 bits per heavy atom. The normalized spacial score (nSPS) is 12.0. The van der Waals surface area contributed by atoms with E-state index < -0.39 is 12.0 Å². The molecule has 0 radical (unpaired) electrons. The standard InChI is InChI=1S/C11H11N3O3S/c15-9(7-14-5-2-4-12-14)13-10(11(16)17)8-3-1-6-18-8/h1-6,10H,7H2,(H,13,15)(H,16,17). The van der Waals surface area contributed by atoms with Crippen LogP contribution >= 0.6 is 11.3 Å². The molecule has 7 heteroatoms. The fraction of sp³-hybridized carbons (Fsp3) is 0.182. The predicted octanol–water partition coefficient (Wildman–Crippen LogP) is 0.887. The Kier molecular flexibility index (Phi) is 3.73. The van der Waals surface area contributed by atoms with Crippen molar-refractivity contribution < 1.29 is 14.7 Å². The number of hydrogen-bond acceptors (Lipinski definition) is 4. The van der Waals surface area contributed by atoms with Gasteiger partial charge in [-0.05, 0) is 17.5 Å². The van der Waals surface area contributed by atoms with E-state index in [1.807, 2.05) is 0 Å². The second kappa shape index (κ2) is 5.46. The molecule has 0 aliphatic rings. The summed E-state index contributed by atoms with van der Waals surface area (Å²) in [6.45, 7) is 0.00214. The second-order valence-electron chi connectivity index (χ2n) is 3.56. The quantitative estimate of drug-likeness (QED) is 0.840. The number of thiophene rings is 1. The van der Waals surface area contributed by atoms with E-state index in [1.165, 1.54) is 16.0 Å². The van der Waals surface area contributed by atoms with E-state index in [0.29, 0.717) is 4.88 Å². The molecule has 2 aromatic heterocycles. The Labute approximate surface area is 107 Å². The van der Waals surface area contributed by atoms with Gasteiger partial charge in [0, 0.05) is 17.3 Å². The van der Waals surface area contributed by atoms with E-state index in [2.05, 4.69) is 10.4 Å². The van der Waals surface area contributed by atoms with Crippen LogP contribution in [-0.2, 0) is 16.1 Å². The largest absolute Gasteiger partial charge is 0.479 e. The maximum atomic E-state index is 11.7. The van der Waals surface area contributed by atoms with Gasteiger partial charge in [0.2, 0.25) is 5.91 Å². The van der Waals surface area contributed by atoms with Crippen molar-refractivity contribution in [3.05, 3.63) is 40.8 Å². The molecule has 2 heterocycles. The van der Waals surface area contributed by atoms with Crippen LogP contribution in [0.2, 0.25) is 0 Å². The maximum absolute atomic E-state index is 11.7. The van der Waals surface area contributed by atoms with Gasteiger partial charge in [-0.15, -0.1) is 11.3 Å². The number of nitrogens with zero attached hydrogens (tertiary/aromatic N) is 2. The molecule has 2 rings (SSSR count). The summed E-state index contributed by atoms with van der Waals surface area (Å²) >= 11 is 1.29. The van der Waals surface area contributed by atoms with Gasteiger partial charge in [0.25, 0.3) is 0 Å². The van der Waals surface area contributed by atoms with Crippen molar-refractivity contribution in [2.75, 3.05) is 0 Å². The summed E-state index contributed by atoms with van der Waals surface area (Å²) in [6.07, 6.45) is 3.20. The lowest BCUT2D eigenvalue weighted by Gasteiger charge is -2.12. The molecule has 0 spiro atoms. The minimum Gasteiger partial charge on any atom is -0.479 e. The van der Waals surface area contributed by atoms with E-state index in [0.717, 1.165) is 0 Å². The molecule has 2 N–H and O–H groups in total. The van der Waals surface area contributed by atoms with Gasteiger partial charge in [-0.2, -0.15) is 5.10 Å². The molecule has 0 fully saturated rings. The van der Waals surface area contributed by atoms with E-state index in [1.54, 1.807) is 36.0 Å². The molecule has 18 heavy (non-hydrogen) atoms. The van der Waals surface area contributed by atoms with Crippen LogP contribution in [0.25, 0.3) is 0 Å². The van der Waals surface area contributed by atoms with Crippen LogP contribution in [0.3, 0.4) is 0 Å². The predicted molar refractivity (Wildman–Crippen MR) is 65.1 cm³/mol. The third-order valence-electron chi connectivity index (χ3n) is 2.24. The van der Waals surface area contributed by atoms with Crippen molar-refractivity contribution >= 4 is 23.2 Å². The summed E-state index contributed by atoms with van der Waals surface area (Å²) in [5.74, 6) is -1.47. The Morgan fingerprint density at radius 2 is 2.33 bits per heavy atom. The Hall–Kier alpha value is -2.15. The van der Waals surface area contributed by atoms with Crippen molar-refractivity contribution in [2.45, 2.75) is 12.6 Å². The minimum absolute atomic E-state index is 0.00214. The summed E-state index contributed by atoms with van der Waals surface area (Å²) in [6, 6.07) is 4.11. The molecular formula is C11H11N3O3S. The van der Waals surface area contributed by atoms with Gasteiger partial charge >= 0.3 is 5.97 Å². The highest BCUT2D eigenvalue weighted by molar-refractivity contribution is 7.10. The van der Waals surface area contributed by atoms with Crippen molar-refractivity contribution in [3.8, 4) is 0 Å². The average molecular weight is 265 g/mol. The lowest BCUT2D eigenvalue weighted by atomic mass is 10.2. The number of carboxylic acid groups (broad SMARTS) is 1. The first-order valence-electron chi connectivity index (χ1n) is 5.20. The van der Waals surface area contributed by atoms with Crippen LogP contribution in [0.4, 0.5) is 0 Å². The number of aromatic nitrogens is 2. The van der Waals surface area contributed by atoms with E-state index in [9.17, 15) is 9.59 Å². The number of rotatable bonds is 5. The highest BCUT2D eigenvalue weighted by Crippen LogP contribution is 2.19. The van der Waals surface area contributed by atoms with Gasteiger partial charge < -0.3 is 10.4 Å². The van der Waals surface area contributed by atoms with Crippen LogP contribution in [0.1, 0.15) is 10.9 Å². The van der Waals surface area contributed by atoms with Crippen LogP contribution < -0.4 is 5.32 Å².